The van der Waals surface area contributed by atoms with Crippen molar-refractivity contribution in [3.05, 3.63) is 0 Å². The minimum atomic E-state index is 0.291. The predicted octanol–water partition coefficient (Wildman–Crippen LogP) is 1.75. The van der Waals surface area contributed by atoms with Crippen LogP contribution in [0, 0.1) is 5.41 Å². The van der Waals surface area contributed by atoms with E-state index in [2.05, 4.69) is 37.5 Å². The molecule has 0 rings (SSSR count). The number of nitrogens with one attached hydrogen (secondary N) is 1. The molecule has 0 heterocycles. The van der Waals surface area contributed by atoms with Crippen molar-refractivity contribution in [1.29, 1.82) is 5.41 Å². The zero-order valence-corrected chi connectivity index (χ0v) is 12.0. The number of nitrogens with zero attached hydrogens (tertiary/aromatic N) is 2. The van der Waals surface area contributed by atoms with Crippen molar-refractivity contribution in [2.75, 3.05) is 32.7 Å². The zero-order chi connectivity index (χ0) is 13.3. The lowest BCUT2D eigenvalue weighted by molar-refractivity contribution is 0.202. The highest BCUT2D eigenvalue weighted by atomic mass is 15.2. The maximum Gasteiger partial charge on any atom is 0.0920 e. The van der Waals surface area contributed by atoms with E-state index in [1.54, 1.807) is 0 Å². The molecule has 102 valence electrons. The maximum absolute atomic E-state index is 7.34. The smallest absolute Gasteiger partial charge is 0.0920 e. The normalized spacial score (nSPS) is 13.3. The van der Waals surface area contributed by atoms with E-state index in [0.29, 0.717) is 18.3 Å². The zero-order valence-electron chi connectivity index (χ0n) is 12.0. The van der Waals surface area contributed by atoms with E-state index >= 15 is 0 Å². The Kier molecular flexibility index (Phi) is 9.09. The van der Waals surface area contributed by atoms with Gasteiger partial charge in [-0.15, -0.1) is 0 Å². The third-order valence-electron chi connectivity index (χ3n) is 3.36. The molecule has 0 aromatic rings. The predicted molar refractivity (Wildman–Crippen MR) is 75.6 cm³/mol. The van der Waals surface area contributed by atoms with Gasteiger partial charge in [-0.25, -0.2) is 0 Å². The van der Waals surface area contributed by atoms with Crippen LogP contribution in [0.2, 0.25) is 0 Å². The summed E-state index contributed by atoms with van der Waals surface area (Å²) in [5.41, 5.74) is 5.45. The van der Waals surface area contributed by atoms with Crippen LogP contribution in [-0.4, -0.2) is 54.4 Å². The second-order valence-electron chi connectivity index (χ2n) is 4.59. The Hall–Kier alpha value is -0.610. The van der Waals surface area contributed by atoms with Gasteiger partial charge in [0.05, 0.1) is 5.84 Å². The van der Waals surface area contributed by atoms with Crippen LogP contribution in [0.25, 0.3) is 0 Å². The lowest BCUT2D eigenvalue weighted by Crippen LogP contribution is -2.38. The Morgan fingerprint density at radius 2 is 1.71 bits per heavy atom. The van der Waals surface area contributed by atoms with Gasteiger partial charge in [0.15, 0.2) is 0 Å². The summed E-state index contributed by atoms with van der Waals surface area (Å²) in [5.74, 6) is 0.291. The van der Waals surface area contributed by atoms with Gasteiger partial charge in [0.1, 0.15) is 0 Å². The van der Waals surface area contributed by atoms with Gasteiger partial charge in [-0.1, -0.05) is 20.8 Å². The third kappa shape index (κ3) is 7.34. The molecule has 17 heavy (non-hydrogen) atoms. The Bertz CT molecular complexity index is 202. The SMILES string of the molecule is CCN(CC)CCCN(CC)C(C)CC(=N)N. The number of hydrogen-bond acceptors (Lipinski definition) is 3. The van der Waals surface area contributed by atoms with Crippen LogP contribution in [0.15, 0.2) is 0 Å². The second-order valence-corrected chi connectivity index (χ2v) is 4.59. The largest absolute Gasteiger partial charge is 0.388 e. The van der Waals surface area contributed by atoms with Crippen molar-refractivity contribution in [2.24, 2.45) is 5.73 Å². The summed E-state index contributed by atoms with van der Waals surface area (Å²) in [7, 11) is 0. The highest BCUT2D eigenvalue weighted by molar-refractivity contribution is 5.77. The summed E-state index contributed by atoms with van der Waals surface area (Å²) in [6.45, 7) is 14.3. The van der Waals surface area contributed by atoms with E-state index in [1.807, 2.05) is 0 Å². The molecule has 0 saturated heterocycles. The quantitative estimate of drug-likeness (QED) is 0.453. The van der Waals surface area contributed by atoms with Crippen LogP contribution in [0.1, 0.15) is 40.5 Å². The van der Waals surface area contributed by atoms with Crippen LogP contribution < -0.4 is 5.73 Å². The van der Waals surface area contributed by atoms with Crippen molar-refractivity contribution in [3.63, 3.8) is 0 Å². The summed E-state index contributed by atoms with van der Waals surface area (Å²) in [5, 5.41) is 7.34. The summed E-state index contributed by atoms with van der Waals surface area (Å²) in [4.78, 5) is 4.86. The molecule has 1 unspecified atom stereocenters. The summed E-state index contributed by atoms with van der Waals surface area (Å²) in [6, 6.07) is 0.384. The first-order valence-electron chi connectivity index (χ1n) is 6.84. The Morgan fingerprint density at radius 3 is 2.12 bits per heavy atom. The van der Waals surface area contributed by atoms with E-state index in [4.69, 9.17) is 11.1 Å². The van der Waals surface area contributed by atoms with E-state index in [1.165, 1.54) is 6.42 Å². The molecule has 0 radical (unpaired) electrons. The topological polar surface area (TPSA) is 56.4 Å². The fourth-order valence-corrected chi connectivity index (χ4v) is 2.17. The van der Waals surface area contributed by atoms with E-state index in [0.717, 1.165) is 32.7 Å². The van der Waals surface area contributed by atoms with Gasteiger partial charge in [-0.05, 0) is 46.1 Å². The van der Waals surface area contributed by atoms with Crippen LogP contribution in [0.3, 0.4) is 0 Å². The highest BCUT2D eigenvalue weighted by Crippen LogP contribution is 2.05. The monoisotopic (exact) mass is 242 g/mol. The highest BCUT2D eigenvalue weighted by Gasteiger charge is 2.12. The van der Waals surface area contributed by atoms with Crippen molar-refractivity contribution in [1.82, 2.24) is 9.80 Å². The van der Waals surface area contributed by atoms with Crippen molar-refractivity contribution >= 4 is 5.84 Å². The average molecular weight is 242 g/mol. The fraction of sp³-hybridized carbons (Fsp3) is 0.923. The van der Waals surface area contributed by atoms with Gasteiger partial charge in [-0.3, -0.25) is 5.41 Å². The minimum absolute atomic E-state index is 0.291. The Labute approximate surface area is 107 Å². The van der Waals surface area contributed by atoms with Gasteiger partial charge in [0.2, 0.25) is 0 Å². The van der Waals surface area contributed by atoms with Gasteiger partial charge < -0.3 is 15.5 Å². The maximum atomic E-state index is 7.34. The molecule has 0 fully saturated rings. The van der Waals surface area contributed by atoms with Crippen molar-refractivity contribution in [2.45, 2.75) is 46.6 Å². The third-order valence-corrected chi connectivity index (χ3v) is 3.36. The first kappa shape index (κ1) is 16.4. The minimum Gasteiger partial charge on any atom is -0.388 e. The summed E-state index contributed by atoms with van der Waals surface area (Å²) < 4.78 is 0. The first-order chi connectivity index (χ1) is 8.04. The van der Waals surface area contributed by atoms with Crippen molar-refractivity contribution in [3.8, 4) is 0 Å². The molecule has 1 atom stereocenters. The Morgan fingerprint density at radius 1 is 1.12 bits per heavy atom. The molecule has 0 amide bonds. The number of hydrogen-bond donors (Lipinski definition) is 2. The molecule has 0 aliphatic carbocycles. The van der Waals surface area contributed by atoms with Gasteiger partial charge in [0, 0.05) is 12.5 Å². The fourth-order valence-electron chi connectivity index (χ4n) is 2.17. The summed E-state index contributed by atoms with van der Waals surface area (Å²) >= 11 is 0. The van der Waals surface area contributed by atoms with E-state index in [9.17, 15) is 0 Å². The molecule has 4 nitrogen and oxygen atoms in total. The lowest BCUT2D eigenvalue weighted by Gasteiger charge is -2.28. The number of rotatable bonds is 10. The molecule has 0 bridgehead atoms. The standard InChI is InChI=1S/C13H30N4/c1-5-16(6-2)9-8-10-17(7-3)12(4)11-13(14)15/h12H,5-11H2,1-4H3,(H3,14,15). The second kappa shape index (κ2) is 9.42. The molecule has 0 aromatic heterocycles. The molecule has 3 N–H and O–H groups in total. The van der Waals surface area contributed by atoms with Crippen LogP contribution >= 0.6 is 0 Å². The molecule has 0 aliphatic rings. The molecule has 0 aliphatic heterocycles. The van der Waals surface area contributed by atoms with E-state index < -0.39 is 0 Å². The van der Waals surface area contributed by atoms with Gasteiger partial charge >= 0.3 is 0 Å². The number of amidine groups is 1. The molecule has 0 aromatic carbocycles. The average Bonchev–Trinajstić information content (AvgIpc) is 2.28. The lowest BCUT2D eigenvalue weighted by atomic mass is 10.2. The molecular formula is C13H30N4. The van der Waals surface area contributed by atoms with Gasteiger partial charge in [0.25, 0.3) is 0 Å². The van der Waals surface area contributed by atoms with Crippen molar-refractivity contribution < 1.29 is 0 Å². The molecule has 0 saturated carbocycles. The molecular weight excluding hydrogens is 212 g/mol. The van der Waals surface area contributed by atoms with Crippen LogP contribution in [0.4, 0.5) is 0 Å². The molecule has 0 spiro atoms. The van der Waals surface area contributed by atoms with Crippen LogP contribution in [-0.2, 0) is 0 Å². The van der Waals surface area contributed by atoms with E-state index in [-0.39, 0.29) is 0 Å². The Balaban J connectivity index is 3.92. The van der Waals surface area contributed by atoms with Crippen LogP contribution in [0.5, 0.6) is 0 Å². The molecule has 4 heteroatoms. The number of nitrogens with two attached hydrogens (primary N) is 1. The first-order valence-corrected chi connectivity index (χ1v) is 6.84. The van der Waals surface area contributed by atoms with Gasteiger partial charge in [-0.2, -0.15) is 0 Å². The summed E-state index contributed by atoms with van der Waals surface area (Å²) in [6.07, 6.45) is 1.87.